The Morgan fingerprint density at radius 3 is 2.30 bits per heavy atom. The zero-order chi connectivity index (χ0) is 31.5. The molecule has 13 heteroatoms. The fourth-order valence-electron chi connectivity index (χ4n) is 4.78. The normalized spacial score (nSPS) is 18.7. The lowest BCUT2D eigenvalue weighted by Crippen LogP contribution is -2.48. The van der Waals surface area contributed by atoms with Gasteiger partial charge in [-0.25, -0.2) is 21.2 Å². The molecule has 0 fully saturated rings. The second-order valence-corrected chi connectivity index (χ2v) is 14.6. The van der Waals surface area contributed by atoms with E-state index in [9.17, 15) is 31.1 Å². The van der Waals surface area contributed by atoms with Crippen molar-refractivity contribution in [1.82, 2.24) is 9.21 Å². The van der Waals surface area contributed by atoms with Crippen molar-refractivity contribution in [1.29, 1.82) is 0 Å². The molecule has 0 bridgehead atoms. The van der Waals surface area contributed by atoms with Gasteiger partial charge in [-0.05, 0) is 68.4 Å². The summed E-state index contributed by atoms with van der Waals surface area (Å²) >= 11 is 0. The summed E-state index contributed by atoms with van der Waals surface area (Å²) in [4.78, 5) is 15.0. The van der Waals surface area contributed by atoms with E-state index < -0.39 is 38.0 Å². The smallest absolute Gasteiger partial charge is 0.261 e. The topological polar surface area (TPSA) is 133 Å². The number of benzene rings is 3. The van der Waals surface area contributed by atoms with Crippen molar-refractivity contribution >= 4 is 31.6 Å². The third-order valence-corrected chi connectivity index (χ3v) is 10.7. The van der Waals surface area contributed by atoms with Crippen molar-refractivity contribution in [3.63, 3.8) is 0 Å². The third-order valence-electron chi connectivity index (χ3n) is 7.46. The molecule has 43 heavy (non-hydrogen) atoms. The van der Waals surface area contributed by atoms with Crippen LogP contribution >= 0.6 is 0 Å². The molecule has 4 rings (SSSR count). The molecule has 0 aliphatic carbocycles. The van der Waals surface area contributed by atoms with Crippen molar-refractivity contribution in [2.24, 2.45) is 5.92 Å². The number of hydrogen-bond donors (Lipinski definition) is 2. The number of anilines is 1. The number of ether oxygens (including phenoxy) is 1. The average molecular weight is 634 g/mol. The zero-order valence-electron chi connectivity index (χ0n) is 24.4. The molecule has 1 aliphatic rings. The Morgan fingerprint density at radius 1 is 1.05 bits per heavy atom. The number of likely N-dealkylation sites (N-methyl/N-ethyl adjacent to an activating group) is 1. The molecular weight excluding hydrogens is 597 g/mol. The number of aryl methyl sites for hydroxylation is 1. The van der Waals surface area contributed by atoms with E-state index in [0.717, 1.165) is 29.8 Å². The lowest BCUT2D eigenvalue weighted by Gasteiger charge is -2.33. The van der Waals surface area contributed by atoms with Gasteiger partial charge in [0.05, 0.1) is 35.4 Å². The maximum absolute atomic E-state index is 13.5. The lowest BCUT2D eigenvalue weighted by molar-refractivity contribution is -0.134. The van der Waals surface area contributed by atoms with Crippen molar-refractivity contribution in [3.8, 4) is 5.75 Å². The van der Waals surface area contributed by atoms with Crippen molar-refractivity contribution < 1.29 is 35.9 Å². The number of amides is 1. The van der Waals surface area contributed by atoms with E-state index in [1.54, 1.807) is 31.2 Å². The molecule has 232 valence electrons. The molecule has 3 aromatic rings. The maximum atomic E-state index is 13.5. The number of carbonyl (C=O) groups is 1. The second-order valence-electron chi connectivity index (χ2n) is 10.9. The molecular formula is C30H36FN3O7S2. The lowest BCUT2D eigenvalue weighted by atomic mass is 10.0. The molecule has 2 N–H and O–H groups in total. The Kier molecular flexibility index (Phi) is 9.79. The van der Waals surface area contributed by atoms with Gasteiger partial charge in [0.2, 0.25) is 15.9 Å². The first-order chi connectivity index (χ1) is 20.2. The van der Waals surface area contributed by atoms with Crippen LogP contribution in [0.5, 0.6) is 5.75 Å². The van der Waals surface area contributed by atoms with E-state index in [4.69, 9.17) is 4.74 Å². The average Bonchev–Trinajstić information content (AvgIpc) is 3.00. The van der Waals surface area contributed by atoms with E-state index in [1.165, 1.54) is 34.5 Å². The van der Waals surface area contributed by atoms with Crippen LogP contribution in [0, 0.1) is 18.7 Å². The quantitative estimate of drug-likeness (QED) is 0.369. The molecule has 1 amide bonds. The number of aliphatic hydroxyl groups is 1. The molecule has 1 aliphatic heterocycles. The predicted molar refractivity (Wildman–Crippen MR) is 160 cm³/mol. The Hall–Kier alpha value is -3.52. The number of rotatable bonds is 9. The van der Waals surface area contributed by atoms with Gasteiger partial charge in [-0.15, -0.1) is 0 Å². The number of sulfonamides is 2. The zero-order valence-corrected chi connectivity index (χ0v) is 26.0. The fraction of sp³-hybridized carbons (Fsp3) is 0.367. The van der Waals surface area contributed by atoms with E-state index in [2.05, 4.69) is 4.72 Å². The highest BCUT2D eigenvalue weighted by molar-refractivity contribution is 7.92. The molecule has 0 spiro atoms. The van der Waals surface area contributed by atoms with E-state index in [0.29, 0.717) is 11.3 Å². The van der Waals surface area contributed by atoms with Crippen LogP contribution in [0.1, 0.15) is 25.0 Å². The van der Waals surface area contributed by atoms with Gasteiger partial charge in [0.15, 0.2) is 0 Å². The number of aliphatic hydroxyl groups excluding tert-OH is 1. The number of nitrogens with zero attached hydrogens (tertiary/aromatic N) is 2. The number of halogens is 1. The summed E-state index contributed by atoms with van der Waals surface area (Å²) in [7, 11) is -6.45. The second kappa shape index (κ2) is 13.0. The number of carbonyl (C=O) groups excluding carboxylic acids is 1. The van der Waals surface area contributed by atoms with E-state index >= 15 is 0 Å². The molecule has 0 unspecified atom stereocenters. The van der Waals surface area contributed by atoms with E-state index in [-0.39, 0.29) is 53.4 Å². The summed E-state index contributed by atoms with van der Waals surface area (Å²) in [5.41, 5.74) is 1.46. The monoisotopic (exact) mass is 633 g/mol. The van der Waals surface area contributed by atoms with Crippen LogP contribution in [-0.2, 0) is 31.3 Å². The summed E-state index contributed by atoms with van der Waals surface area (Å²) in [6, 6.07) is 14.9. The first-order valence-corrected chi connectivity index (χ1v) is 16.6. The Bertz CT molecular complexity index is 1660. The van der Waals surface area contributed by atoms with Gasteiger partial charge in [-0.2, -0.15) is 4.31 Å². The summed E-state index contributed by atoms with van der Waals surface area (Å²) in [5, 5.41) is 9.87. The van der Waals surface area contributed by atoms with Crippen LogP contribution in [0.4, 0.5) is 10.1 Å². The summed E-state index contributed by atoms with van der Waals surface area (Å²) in [5.74, 6) is -0.932. The molecule has 3 atom stereocenters. The van der Waals surface area contributed by atoms with Gasteiger partial charge in [-0.1, -0.05) is 24.6 Å². The van der Waals surface area contributed by atoms with E-state index in [1.807, 2.05) is 13.8 Å². The largest absolute Gasteiger partial charge is 0.488 e. The minimum atomic E-state index is -4.06. The highest BCUT2D eigenvalue weighted by Crippen LogP contribution is 2.30. The Labute approximate surface area is 252 Å². The molecule has 3 aromatic carbocycles. The maximum Gasteiger partial charge on any atom is 0.261 e. The van der Waals surface area contributed by atoms with Gasteiger partial charge in [0.1, 0.15) is 17.7 Å². The number of fused-ring (bicyclic) bond motifs is 1. The highest BCUT2D eigenvalue weighted by atomic mass is 32.2. The summed E-state index contributed by atoms with van der Waals surface area (Å²) in [6.07, 6.45) is -0.854. The van der Waals surface area contributed by atoms with Gasteiger partial charge in [0, 0.05) is 30.8 Å². The van der Waals surface area contributed by atoms with Crippen LogP contribution < -0.4 is 9.46 Å². The number of hydrogen-bond acceptors (Lipinski definition) is 7. The summed E-state index contributed by atoms with van der Waals surface area (Å²) < 4.78 is 75.9. The van der Waals surface area contributed by atoms with Crippen LogP contribution in [0.3, 0.4) is 0 Å². The molecule has 0 aromatic heterocycles. The molecule has 0 saturated carbocycles. The molecule has 0 radical (unpaired) electrons. The third kappa shape index (κ3) is 7.53. The first kappa shape index (κ1) is 32.4. The van der Waals surface area contributed by atoms with Crippen LogP contribution in [0.15, 0.2) is 76.5 Å². The van der Waals surface area contributed by atoms with Gasteiger partial charge >= 0.3 is 0 Å². The van der Waals surface area contributed by atoms with Crippen LogP contribution in [0.25, 0.3) is 0 Å². The molecule has 10 nitrogen and oxygen atoms in total. The van der Waals surface area contributed by atoms with Crippen molar-refractivity contribution in [2.45, 2.75) is 49.1 Å². The SMILES string of the molecule is Cc1ccc(S(=O)(=O)N(C)C[C@H]2Oc3ccc(NS(=O)(=O)c4ccc(F)cc4)cc3CC(=O)N([C@H](C)CO)C[C@@H]2C)cc1. The van der Waals surface area contributed by atoms with Crippen molar-refractivity contribution in [3.05, 3.63) is 83.7 Å². The molecule has 1 heterocycles. The Balaban J connectivity index is 1.68. The number of nitrogens with one attached hydrogen (secondary N) is 1. The minimum absolute atomic E-state index is 0.0364. The van der Waals surface area contributed by atoms with Gasteiger partial charge < -0.3 is 14.7 Å². The summed E-state index contributed by atoms with van der Waals surface area (Å²) in [6.45, 7) is 5.30. The minimum Gasteiger partial charge on any atom is -0.488 e. The van der Waals surface area contributed by atoms with Gasteiger partial charge in [0.25, 0.3) is 10.0 Å². The highest BCUT2D eigenvalue weighted by Gasteiger charge is 2.33. The predicted octanol–water partition coefficient (Wildman–Crippen LogP) is 3.40. The van der Waals surface area contributed by atoms with Crippen LogP contribution in [0.2, 0.25) is 0 Å². The molecule has 0 saturated heterocycles. The van der Waals surface area contributed by atoms with Gasteiger partial charge in [-0.3, -0.25) is 9.52 Å². The fourth-order valence-corrected chi connectivity index (χ4v) is 7.01. The van der Waals surface area contributed by atoms with Crippen LogP contribution in [-0.4, -0.2) is 75.9 Å². The first-order valence-electron chi connectivity index (χ1n) is 13.7. The van der Waals surface area contributed by atoms with Crippen molar-refractivity contribution in [2.75, 3.05) is 31.5 Å². The Morgan fingerprint density at radius 2 is 1.67 bits per heavy atom. The standard InChI is InChI=1S/C30H36FN3O7S2/c1-20-5-10-27(11-6-20)43(39,40)33(4)18-29-21(2)17-34(22(3)19-35)30(36)16-23-15-25(9-14-28(23)41-29)32-42(37,38)26-12-7-24(31)8-13-26/h5-15,21-22,29,32,35H,16-19H2,1-4H3/t21-,22+,29+/m0/s1.